The van der Waals surface area contributed by atoms with Crippen LogP contribution in [0.25, 0.3) is 93.6 Å². The molecule has 0 saturated heterocycles. The summed E-state index contributed by atoms with van der Waals surface area (Å²) in [5.41, 5.74) is 12.1. The fourth-order valence-electron chi connectivity index (χ4n) is 8.82. The Morgan fingerprint density at radius 1 is 0.327 bits per heavy atom. The molecule has 55 heavy (non-hydrogen) atoms. The Morgan fingerprint density at radius 2 is 0.782 bits per heavy atom. The van der Waals surface area contributed by atoms with E-state index in [4.69, 9.17) is 0 Å². The third-order valence-corrected chi connectivity index (χ3v) is 11.1. The van der Waals surface area contributed by atoms with Crippen molar-refractivity contribution in [3.8, 4) is 40.3 Å². The van der Waals surface area contributed by atoms with Gasteiger partial charge >= 0.3 is 0 Å². The van der Waals surface area contributed by atoms with Gasteiger partial charge in [0, 0.05) is 49.1 Å². The van der Waals surface area contributed by atoms with E-state index >= 15 is 0 Å². The smallest absolute Gasteiger partial charge is 0.102 e. The van der Waals surface area contributed by atoms with Crippen molar-refractivity contribution in [2.24, 2.45) is 0 Å². The molecule has 5 heteroatoms. The maximum atomic E-state index is 11.1. The Kier molecular flexibility index (Phi) is 6.61. The lowest BCUT2D eigenvalue weighted by atomic mass is 9.96. The molecule has 3 heterocycles. The number of benzene rings is 8. The number of nitrogens with zero attached hydrogens (tertiary/aromatic N) is 5. The first-order chi connectivity index (χ1) is 27.2. The van der Waals surface area contributed by atoms with Crippen molar-refractivity contribution in [1.82, 2.24) is 13.7 Å². The van der Waals surface area contributed by atoms with Gasteiger partial charge < -0.3 is 13.7 Å². The Morgan fingerprint density at radius 3 is 1.38 bits per heavy atom. The molecule has 11 rings (SSSR count). The largest absolute Gasteiger partial charge is 0.309 e. The molecule has 0 aliphatic rings. The zero-order chi connectivity index (χ0) is 36.6. The summed E-state index contributed by atoms with van der Waals surface area (Å²) in [6.07, 6.45) is 0. The van der Waals surface area contributed by atoms with Crippen LogP contribution in [0.1, 0.15) is 11.1 Å². The fourth-order valence-corrected chi connectivity index (χ4v) is 8.82. The number of rotatable bonds is 4. The average molecular weight is 700 g/mol. The molecular weight excluding hydrogens is 671 g/mol. The number of fused-ring (bicyclic) bond motifs is 9. The topological polar surface area (TPSA) is 62.4 Å². The highest BCUT2D eigenvalue weighted by molar-refractivity contribution is 6.13. The highest BCUT2D eigenvalue weighted by Gasteiger charge is 2.22. The molecule has 0 bridgehead atoms. The van der Waals surface area contributed by atoms with E-state index in [9.17, 15) is 10.5 Å². The number of nitriles is 2. The molecular formula is C50H29N5. The average Bonchev–Trinajstić information content (AvgIpc) is 3.88. The highest BCUT2D eigenvalue weighted by atomic mass is 15.0. The van der Waals surface area contributed by atoms with Crippen LogP contribution in [0.5, 0.6) is 0 Å². The molecule has 0 fully saturated rings. The van der Waals surface area contributed by atoms with E-state index in [-0.39, 0.29) is 0 Å². The molecule has 254 valence electrons. The lowest BCUT2D eigenvalue weighted by molar-refractivity contribution is 1.15. The second-order valence-electron chi connectivity index (χ2n) is 13.9. The van der Waals surface area contributed by atoms with Gasteiger partial charge in [0.05, 0.1) is 61.7 Å². The van der Waals surface area contributed by atoms with Crippen LogP contribution < -0.4 is 0 Å². The van der Waals surface area contributed by atoms with E-state index in [0.29, 0.717) is 11.1 Å². The third-order valence-electron chi connectivity index (χ3n) is 11.1. The normalized spacial score (nSPS) is 11.6. The van der Waals surface area contributed by atoms with Gasteiger partial charge in [0.2, 0.25) is 0 Å². The zero-order valence-electron chi connectivity index (χ0n) is 29.5. The third kappa shape index (κ3) is 4.39. The van der Waals surface area contributed by atoms with E-state index < -0.39 is 0 Å². The van der Waals surface area contributed by atoms with Crippen LogP contribution in [0.3, 0.4) is 0 Å². The minimum atomic E-state index is 0.562. The van der Waals surface area contributed by atoms with Crippen LogP contribution in [0.2, 0.25) is 0 Å². The molecule has 0 atom stereocenters. The molecule has 0 amide bonds. The molecule has 0 radical (unpaired) electrons. The van der Waals surface area contributed by atoms with Crippen molar-refractivity contribution in [3.63, 3.8) is 0 Å². The number of para-hydroxylation sites is 5. The van der Waals surface area contributed by atoms with E-state index in [1.165, 1.54) is 10.8 Å². The van der Waals surface area contributed by atoms with Crippen LogP contribution in [-0.2, 0) is 0 Å². The van der Waals surface area contributed by atoms with Crippen molar-refractivity contribution in [2.45, 2.75) is 0 Å². The maximum absolute atomic E-state index is 11.1. The summed E-state index contributed by atoms with van der Waals surface area (Å²) in [6.45, 7) is 0. The molecule has 0 aliphatic heterocycles. The van der Waals surface area contributed by atoms with Crippen molar-refractivity contribution in [3.05, 3.63) is 187 Å². The molecule has 11 aromatic rings. The predicted molar refractivity (Wildman–Crippen MR) is 224 cm³/mol. The van der Waals surface area contributed by atoms with Gasteiger partial charge in [0.25, 0.3) is 0 Å². The second-order valence-corrected chi connectivity index (χ2v) is 13.9. The van der Waals surface area contributed by atoms with Gasteiger partial charge in [-0.05, 0) is 60.7 Å². The van der Waals surface area contributed by atoms with Gasteiger partial charge in [-0.2, -0.15) is 10.5 Å². The quantitative estimate of drug-likeness (QED) is 0.184. The van der Waals surface area contributed by atoms with Crippen molar-refractivity contribution in [1.29, 1.82) is 10.5 Å². The first-order valence-corrected chi connectivity index (χ1v) is 18.3. The summed E-state index contributed by atoms with van der Waals surface area (Å²) < 4.78 is 6.85. The summed E-state index contributed by atoms with van der Waals surface area (Å²) in [7, 11) is 0. The first-order valence-electron chi connectivity index (χ1n) is 18.3. The van der Waals surface area contributed by atoms with Gasteiger partial charge in [-0.25, -0.2) is 0 Å². The monoisotopic (exact) mass is 699 g/mol. The molecule has 0 N–H and O–H groups in total. The van der Waals surface area contributed by atoms with Crippen LogP contribution in [0.15, 0.2) is 176 Å². The summed E-state index contributed by atoms with van der Waals surface area (Å²) in [5.74, 6) is 0. The Labute approximate surface area is 316 Å². The zero-order valence-corrected chi connectivity index (χ0v) is 29.5. The number of aromatic nitrogens is 3. The van der Waals surface area contributed by atoms with Gasteiger partial charge in [0.15, 0.2) is 0 Å². The SMILES string of the molecule is N#Cc1ccc2c3ccccc3n(-c3cccc(-c4ccccc4-n4c5ccccc5c5ccc(-n6c7ccccc7c7ccccc76)cc54)c3C#N)c2c1. The standard InChI is InChI=1S/C50H29N5/c51-30-32-24-26-40-38-15-4-10-22-47(38)55(49(40)28-32)48-23-11-17-34(42(48)31-52)35-12-1-8-20-45(35)54-46-21-9-5-16-39(46)41-27-25-33(29-50(41)54)53-43-18-6-2-13-36(43)37-14-3-7-19-44(37)53/h1-29H. The molecule has 8 aromatic carbocycles. The van der Waals surface area contributed by atoms with Crippen LogP contribution in [0.4, 0.5) is 0 Å². The van der Waals surface area contributed by atoms with Crippen LogP contribution >= 0.6 is 0 Å². The lowest BCUT2D eigenvalue weighted by Gasteiger charge is -2.18. The Bertz CT molecular complexity index is 3420. The molecule has 5 nitrogen and oxygen atoms in total. The van der Waals surface area contributed by atoms with E-state index in [2.05, 4.69) is 147 Å². The van der Waals surface area contributed by atoms with Crippen molar-refractivity contribution in [2.75, 3.05) is 0 Å². The maximum Gasteiger partial charge on any atom is 0.102 e. The second kappa shape index (κ2) is 11.8. The van der Waals surface area contributed by atoms with Crippen LogP contribution in [0, 0.1) is 22.7 Å². The highest BCUT2D eigenvalue weighted by Crippen LogP contribution is 2.41. The minimum absolute atomic E-state index is 0.562. The summed E-state index contributed by atoms with van der Waals surface area (Å²) in [6, 6.07) is 65.9. The first kappa shape index (κ1) is 30.7. The summed E-state index contributed by atoms with van der Waals surface area (Å²) in [5, 5.41) is 27.8. The van der Waals surface area contributed by atoms with Crippen molar-refractivity contribution >= 4 is 65.4 Å². The number of hydrogen-bond acceptors (Lipinski definition) is 2. The summed E-state index contributed by atoms with van der Waals surface area (Å²) in [4.78, 5) is 0. The number of hydrogen-bond donors (Lipinski definition) is 0. The molecule has 3 aromatic heterocycles. The van der Waals surface area contributed by atoms with Crippen LogP contribution in [-0.4, -0.2) is 13.7 Å². The van der Waals surface area contributed by atoms with Gasteiger partial charge in [-0.1, -0.05) is 115 Å². The van der Waals surface area contributed by atoms with E-state index in [1.807, 2.05) is 54.6 Å². The lowest BCUT2D eigenvalue weighted by Crippen LogP contribution is -2.02. The molecule has 0 aliphatic carbocycles. The Hall–Kier alpha value is -7.86. The minimum Gasteiger partial charge on any atom is -0.309 e. The predicted octanol–water partition coefficient (Wildman–Crippen LogP) is 12.4. The Balaban J connectivity index is 1.18. The van der Waals surface area contributed by atoms with E-state index in [1.54, 1.807) is 0 Å². The van der Waals surface area contributed by atoms with Crippen molar-refractivity contribution < 1.29 is 0 Å². The van der Waals surface area contributed by atoms with Gasteiger partial charge in [0.1, 0.15) is 6.07 Å². The molecule has 0 unspecified atom stereocenters. The molecule has 0 saturated carbocycles. The van der Waals surface area contributed by atoms with Gasteiger partial charge in [-0.15, -0.1) is 0 Å². The fraction of sp³-hybridized carbons (Fsp3) is 0. The molecule has 0 spiro atoms. The summed E-state index contributed by atoms with van der Waals surface area (Å²) >= 11 is 0. The van der Waals surface area contributed by atoms with E-state index in [0.717, 1.165) is 82.8 Å². The van der Waals surface area contributed by atoms with Gasteiger partial charge in [-0.3, -0.25) is 0 Å².